The van der Waals surface area contributed by atoms with Crippen LogP contribution in [0, 0.1) is 12.7 Å². The average molecular weight is 255 g/mol. The minimum atomic E-state index is -0.381. The van der Waals surface area contributed by atoms with Crippen molar-refractivity contribution >= 4 is 11.5 Å². The highest BCUT2D eigenvalue weighted by molar-refractivity contribution is 6.10. The third-order valence-corrected chi connectivity index (χ3v) is 3.53. The Hall–Kier alpha value is -2.16. The number of carbonyl (C=O) groups excluding carboxylic acids is 1. The van der Waals surface area contributed by atoms with Crippen LogP contribution in [0.5, 0.6) is 0 Å². The first-order valence-electron chi connectivity index (χ1n) is 6.33. The van der Waals surface area contributed by atoms with Gasteiger partial charge in [-0.05, 0) is 42.7 Å². The zero-order valence-corrected chi connectivity index (χ0v) is 10.7. The number of hydrogen-bond donors (Lipinski definition) is 1. The molecule has 0 saturated carbocycles. The van der Waals surface area contributed by atoms with E-state index in [2.05, 4.69) is 5.32 Å². The minimum Gasteiger partial charge on any atom is -0.384 e. The summed E-state index contributed by atoms with van der Waals surface area (Å²) >= 11 is 0. The second-order valence-electron chi connectivity index (χ2n) is 4.84. The summed E-state index contributed by atoms with van der Waals surface area (Å²) in [6.45, 7) is 2.73. The number of benzene rings is 2. The molecule has 0 fully saturated rings. The van der Waals surface area contributed by atoms with Gasteiger partial charge in [0.25, 0.3) is 0 Å². The molecule has 0 bridgehead atoms. The number of fused-ring (bicyclic) bond motifs is 1. The van der Waals surface area contributed by atoms with Crippen molar-refractivity contribution in [1.82, 2.24) is 0 Å². The van der Waals surface area contributed by atoms with Crippen molar-refractivity contribution in [3.05, 3.63) is 64.5 Å². The molecule has 1 aliphatic heterocycles. The van der Waals surface area contributed by atoms with Crippen LogP contribution < -0.4 is 5.32 Å². The fraction of sp³-hybridized carbons (Fsp3) is 0.188. The maximum atomic E-state index is 13.3. The molecule has 0 saturated heterocycles. The molecule has 0 unspecified atom stereocenters. The van der Waals surface area contributed by atoms with Gasteiger partial charge in [0.05, 0.1) is 0 Å². The van der Waals surface area contributed by atoms with Crippen molar-refractivity contribution in [2.75, 3.05) is 11.9 Å². The molecule has 0 aliphatic carbocycles. The number of halogens is 1. The van der Waals surface area contributed by atoms with Gasteiger partial charge in [0.2, 0.25) is 0 Å². The van der Waals surface area contributed by atoms with Gasteiger partial charge in [0.15, 0.2) is 5.78 Å². The van der Waals surface area contributed by atoms with Gasteiger partial charge >= 0.3 is 0 Å². The number of anilines is 1. The van der Waals surface area contributed by atoms with Crippen molar-refractivity contribution < 1.29 is 9.18 Å². The number of carbonyl (C=O) groups is 1. The normalized spacial score (nSPS) is 12.9. The zero-order chi connectivity index (χ0) is 13.4. The van der Waals surface area contributed by atoms with Crippen LogP contribution in [0.2, 0.25) is 0 Å². The predicted molar refractivity (Wildman–Crippen MR) is 73.2 cm³/mol. The molecule has 19 heavy (non-hydrogen) atoms. The van der Waals surface area contributed by atoms with Gasteiger partial charge in [-0.2, -0.15) is 0 Å². The van der Waals surface area contributed by atoms with Crippen molar-refractivity contribution in [2.45, 2.75) is 13.3 Å². The lowest BCUT2D eigenvalue weighted by Gasteiger charge is -2.07. The summed E-state index contributed by atoms with van der Waals surface area (Å²) in [6, 6.07) is 9.95. The maximum Gasteiger partial charge on any atom is 0.193 e. The summed E-state index contributed by atoms with van der Waals surface area (Å²) in [7, 11) is 0. The molecule has 0 amide bonds. The Balaban J connectivity index is 2.02. The molecule has 3 heteroatoms. The summed E-state index contributed by atoms with van der Waals surface area (Å²) in [4.78, 5) is 12.4. The summed E-state index contributed by atoms with van der Waals surface area (Å²) in [6.07, 6.45) is 0.989. The van der Waals surface area contributed by atoms with Gasteiger partial charge in [-0.3, -0.25) is 4.79 Å². The molecule has 0 radical (unpaired) electrons. The maximum absolute atomic E-state index is 13.3. The molecular weight excluding hydrogens is 241 g/mol. The quantitative estimate of drug-likeness (QED) is 0.834. The minimum absolute atomic E-state index is 0.131. The number of aryl methyl sites for hydroxylation is 1. The van der Waals surface area contributed by atoms with E-state index in [1.54, 1.807) is 6.07 Å². The molecule has 2 aromatic rings. The first-order chi connectivity index (χ1) is 9.15. The van der Waals surface area contributed by atoms with Crippen LogP contribution in [0.25, 0.3) is 0 Å². The summed E-state index contributed by atoms with van der Waals surface area (Å²) in [5.41, 5.74) is 4.06. The fourth-order valence-corrected chi connectivity index (χ4v) is 2.43. The first kappa shape index (κ1) is 11.9. The Morgan fingerprint density at radius 3 is 2.89 bits per heavy atom. The number of nitrogens with one attached hydrogen (secondary N) is 1. The first-order valence-corrected chi connectivity index (χ1v) is 6.33. The molecule has 2 nitrogen and oxygen atoms in total. The van der Waals surface area contributed by atoms with Gasteiger partial charge in [0.1, 0.15) is 5.82 Å². The van der Waals surface area contributed by atoms with Crippen LogP contribution in [-0.4, -0.2) is 12.3 Å². The Morgan fingerprint density at radius 2 is 2.05 bits per heavy atom. The predicted octanol–water partition coefficient (Wildman–Crippen LogP) is 3.33. The van der Waals surface area contributed by atoms with Gasteiger partial charge in [-0.25, -0.2) is 4.39 Å². The molecule has 1 N–H and O–H groups in total. The van der Waals surface area contributed by atoms with E-state index in [1.165, 1.54) is 17.7 Å². The highest BCUT2D eigenvalue weighted by Gasteiger charge is 2.16. The lowest BCUT2D eigenvalue weighted by molar-refractivity contribution is 0.103. The average Bonchev–Trinajstić information content (AvgIpc) is 2.88. The number of ketones is 1. The van der Waals surface area contributed by atoms with E-state index in [0.717, 1.165) is 24.2 Å². The van der Waals surface area contributed by atoms with E-state index >= 15 is 0 Å². The largest absolute Gasteiger partial charge is 0.384 e. The van der Waals surface area contributed by atoms with E-state index in [0.29, 0.717) is 11.1 Å². The Bertz CT molecular complexity index is 664. The lowest BCUT2D eigenvalue weighted by Crippen LogP contribution is -2.05. The third-order valence-electron chi connectivity index (χ3n) is 3.53. The third kappa shape index (κ3) is 2.12. The molecule has 2 aromatic carbocycles. The lowest BCUT2D eigenvalue weighted by atomic mass is 9.97. The van der Waals surface area contributed by atoms with Gasteiger partial charge in [-0.15, -0.1) is 0 Å². The van der Waals surface area contributed by atoms with Crippen LogP contribution >= 0.6 is 0 Å². The monoisotopic (exact) mass is 255 g/mol. The van der Waals surface area contributed by atoms with Gasteiger partial charge < -0.3 is 5.32 Å². The van der Waals surface area contributed by atoms with Crippen molar-refractivity contribution in [3.63, 3.8) is 0 Å². The summed E-state index contributed by atoms with van der Waals surface area (Å²) < 4.78 is 13.3. The van der Waals surface area contributed by atoms with E-state index in [9.17, 15) is 9.18 Å². The highest BCUT2D eigenvalue weighted by Crippen LogP contribution is 2.25. The van der Waals surface area contributed by atoms with E-state index in [-0.39, 0.29) is 11.6 Å². The molecule has 0 spiro atoms. The second kappa shape index (κ2) is 4.50. The standard InChI is InChI=1S/C16H14FNO/c1-10-2-5-13(17)9-14(10)16(19)12-4-3-11-6-7-18-15(11)8-12/h2-5,8-9,18H,6-7H2,1H3. The van der Waals surface area contributed by atoms with Crippen molar-refractivity contribution in [2.24, 2.45) is 0 Å². The number of rotatable bonds is 2. The highest BCUT2D eigenvalue weighted by atomic mass is 19.1. The molecule has 96 valence electrons. The van der Waals surface area contributed by atoms with Crippen molar-refractivity contribution in [1.29, 1.82) is 0 Å². The Kier molecular flexibility index (Phi) is 2.82. The molecule has 0 aromatic heterocycles. The molecule has 1 aliphatic rings. The summed E-state index contributed by atoms with van der Waals surface area (Å²) in [5.74, 6) is -0.512. The Labute approximate surface area is 111 Å². The molecule has 3 rings (SSSR count). The van der Waals surface area contributed by atoms with Crippen LogP contribution in [0.15, 0.2) is 36.4 Å². The van der Waals surface area contributed by atoms with Crippen LogP contribution in [0.3, 0.4) is 0 Å². The zero-order valence-electron chi connectivity index (χ0n) is 10.7. The smallest absolute Gasteiger partial charge is 0.193 e. The fourth-order valence-electron chi connectivity index (χ4n) is 2.43. The topological polar surface area (TPSA) is 29.1 Å². The van der Waals surface area contributed by atoms with E-state index in [4.69, 9.17) is 0 Å². The number of hydrogen-bond acceptors (Lipinski definition) is 2. The molecule has 1 heterocycles. The van der Waals surface area contributed by atoms with Crippen LogP contribution in [0.1, 0.15) is 27.0 Å². The van der Waals surface area contributed by atoms with Gasteiger partial charge in [-0.1, -0.05) is 18.2 Å². The van der Waals surface area contributed by atoms with Gasteiger partial charge in [0, 0.05) is 23.4 Å². The van der Waals surface area contributed by atoms with Crippen LogP contribution in [0.4, 0.5) is 10.1 Å². The summed E-state index contributed by atoms with van der Waals surface area (Å²) in [5, 5.41) is 3.25. The van der Waals surface area contributed by atoms with Crippen LogP contribution in [-0.2, 0) is 6.42 Å². The second-order valence-corrected chi connectivity index (χ2v) is 4.84. The Morgan fingerprint density at radius 1 is 1.21 bits per heavy atom. The van der Waals surface area contributed by atoms with E-state index < -0.39 is 0 Å². The van der Waals surface area contributed by atoms with Crippen molar-refractivity contribution in [3.8, 4) is 0 Å². The molecular formula is C16H14FNO. The van der Waals surface area contributed by atoms with E-state index in [1.807, 2.05) is 25.1 Å². The molecule has 0 atom stereocenters. The SMILES string of the molecule is Cc1ccc(F)cc1C(=O)c1ccc2c(c1)NCC2.